The van der Waals surface area contributed by atoms with Gasteiger partial charge in [-0.25, -0.2) is 9.13 Å². The van der Waals surface area contributed by atoms with Gasteiger partial charge in [0.15, 0.2) is 12.2 Å². The minimum absolute atomic E-state index is 0.102. The van der Waals surface area contributed by atoms with Crippen LogP contribution < -0.4 is 0 Å². The van der Waals surface area contributed by atoms with Crippen LogP contribution in [0.1, 0.15) is 375 Å². The summed E-state index contributed by atoms with van der Waals surface area (Å²) >= 11 is 0. The van der Waals surface area contributed by atoms with Gasteiger partial charge in [0.25, 0.3) is 0 Å². The Labute approximate surface area is 580 Å². The summed E-state index contributed by atoms with van der Waals surface area (Å²) < 4.78 is 68.4. The summed E-state index contributed by atoms with van der Waals surface area (Å²) in [5.74, 6) is -1.47. The van der Waals surface area contributed by atoms with Gasteiger partial charge in [0.05, 0.1) is 26.4 Å². The molecule has 560 valence electrons. The molecule has 0 aliphatic rings. The van der Waals surface area contributed by atoms with Crippen molar-refractivity contribution in [2.24, 2.45) is 5.92 Å². The molecule has 0 bridgehead atoms. The highest BCUT2D eigenvalue weighted by Gasteiger charge is 2.30. The van der Waals surface area contributed by atoms with Crippen molar-refractivity contribution in [3.63, 3.8) is 0 Å². The van der Waals surface area contributed by atoms with Crippen molar-refractivity contribution < 1.29 is 80.2 Å². The fourth-order valence-corrected chi connectivity index (χ4v) is 12.7. The molecule has 2 unspecified atom stereocenters. The number of hydrogen-bond donors (Lipinski definition) is 3. The Hall–Kier alpha value is -2.46. The Morgan fingerprint density at radius 2 is 0.568 bits per heavy atom. The lowest BCUT2D eigenvalue weighted by Crippen LogP contribution is -2.30. The van der Waals surface area contributed by atoms with E-state index in [9.17, 15) is 43.2 Å². The Morgan fingerprint density at radius 1 is 0.326 bits per heavy atom. The normalized spacial score (nSPS) is 14.1. The Balaban J connectivity index is 5.25. The van der Waals surface area contributed by atoms with E-state index in [1.54, 1.807) is 0 Å². The number of phosphoric acid groups is 2. The van der Waals surface area contributed by atoms with Crippen LogP contribution in [-0.2, 0) is 65.4 Å². The highest BCUT2D eigenvalue weighted by Crippen LogP contribution is 2.45. The van der Waals surface area contributed by atoms with E-state index >= 15 is 0 Å². The molecule has 0 aromatic rings. The number of rotatable bonds is 74. The molecule has 0 aromatic heterocycles. The first-order valence-electron chi connectivity index (χ1n) is 39.0. The predicted molar refractivity (Wildman–Crippen MR) is 386 cm³/mol. The van der Waals surface area contributed by atoms with E-state index in [-0.39, 0.29) is 25.7 Å². The van der Waals surface area contributed by atoms with E-state index in [0.29, 0.717) is 31.6 Å². The third-order valence-electron chi connectivity index (χ3n) is 17.2. The highest BCUT2D eigenvalue weighted by molar-refractivity contribution is 7.47. The van der Waals surface area contributed by atoms with Crippen LogP contribution in [0.15, 0.2) is 24.3 Å². The van der Waals surface area contributed by atoms with Crippen LogP contribution in [0, 0.1) is 5.92 Å². The molecule has 3 N–H and O–H groups in total. The van der Waals surface area contributed by atoms with Crippen LogP contribution in [-0.4, -0.2) is 96.7 Å². The fraction of sp³-hybridized carbons (Fsp3) is 0.895. The van der Waals surface area contributed by atoms with Crippen LogP contribution in [0.3, 0.4) is 0 Å². The zero-order valence-corrected chi connectivity index (χ0v) is 63.1. The highest BCUT2D eigenvalue weighted by atomic mass is 31.2. The van der Waals surface area contributed by atoms with Gasteiger partial charge in [-0.15, -0.1) is 0 Å². The Morgan fingerprint density at radius 3 is 0.863 bits per heavy atom. The van der Waals surface area contributed by atoms with E-state index in [1.165, 1.54) is 173 Å². The average molecular weight is 1390 g/mol. The van der Waals surface area contributed by atoms with E-state index in [2.05, 4.69) is 58.9 Å². The molecule has 5 atom stereocenters. The van der Waals surface area contributed by atoms with Gasteiger partial charge in [0.1, 0.15) is 19.3 Å². The molecular formula is C76H144O17P2. The molecule has 0 saturated carbocycles. The number of unbranched alkanes of at least 4 members (excludes halogenated alkanes) is 43. The molecular weight excluding hydrogens is 1250 g/mol. The summed E-state index contributed by atoms with van der Waals surface area (Å²) in [6.07, 6.45) is 60.6. The lowest BCUT2D eigenvalue weighted by atomic mass is 10.0. The van der Waals surface area contributed by atoms with Crippen molar-refractivity contribution in [2.75, 3.05) is 39.6 Å². The first kappa shape index (κ1) is 92.5. The number of hydrogen-bond acceptors (Lipinski definition) is 15. The molecule has 0 aliphatic heterocycles. The van der Waals surface area contributed by atoms with Crippen LogP contribution in [0.5, 0.6) is 0 Å². The standard InChI is InChI=1S/C76H144O17P2/c1-6-9-12-15-18-21-24-27-29-30-31-32-34-36-39-42-45-52-57-62-76(81)92-71(65-86-73(78)59-54-49-43-40-38-35-33-28-25-22-19-16-13-10-7-2)67-90-94(82,83)88-63-70(77)64-89-95(84,85)91-68-72(66-87-74(79)60-55-50-47-46-48-53-58-69(4)5)93-75(80)61-56-51-44-41-37-26-23-20-17-14-11-8-3/h22,25,28,33,69-72,77H,6-21,23-24,26-27,29-32,34-68H2,1-5H3,(H,82,83)(H,84,85)/b25-22-,33-28-/t70-,71-,72-/m1/s1. The monoisotopic (exact) mass is 1390 g/mol. The molecule has 0 aliphatic carbocycles. The second-order valence-corrected chi connectivity index (χ2v) is 30.1. The third-order valence-corrected chi connectivity index (χ3v) is 19.1. The number of esters is 4. The molecule has 17 nitrogen and oxygen atoms in total. The van der Waals surface area contributed by atoms with E-state index in [4.69, 9.17) is 37.0 Å². The maximum absolute atomic E-state index is 13.1. The SMILES string of the molecule is CCCCCC/C=C\C=C/CCCCCCCC(=O)OC[C@H](COP(=O)(O)OC[C@@H](O)COP(=O)(O)OC[C@@H](COC(=O)CCCCCCCCC(C)C)OC(=O)CCCCCCCCCCCCCC)OC(=O)CCCCCCCCCCCCCCCCCCCCC. The molecule has 0 rings (SSSR count). The molecule has 0 fully saturated rings. The smallest absolute Gasteiger partial charge is 0.462 e. The predicted octanol–water partition coefficient (Wildman–Crippen LogP) is 22.0. The third kappa shape index (κ3) is 69.8. The number of phosphoric ester groups is 2. The topological polar surface area (TPSA) is 237 Å². The molecule has 0 radical (unpaired) electrons. The number of allylic oxidation sites excluding steroid dienone is 4. The zero-order chi connectivity index (χ0) is 69.8. The number of aliphatic hydroxyl groups is 1. The molecule has 95 heavy (non-hydrogen) atoms. The quantitative estimate of drug-likeness (QED) is 0.0169. The molecule has 19 heteroatoms. The van der Waals surface area contributed by atoms with Crippen molar-refractivity contribution in [3.8, 4) is 0 Å². The molecule has 0 heterocycles. The lowest BCUT2D eigenvalue weighted by Gasteiger charge is -2.21. The fourth-order valence-electron chi connectivity index (χ4n) is 11.2. The van der Waals surface area contributed by atoms with Gasteiger partial charge >= 0.3 is 39.5 Å². The maximum Gasteiger partial charge on any atom is 0.472 e. The van der Waals surface area contributed by atoms with Gasteiger partial charge in [-0.2, -0.15) is 0 Å². The van der Waals surface area contributed by atoms with Crippen molar-refractivity contribution in [3.05, 3.63) is 24.3 Å². The van der Waals surface area contributed by atoms with Gasteiger partial charge in [-0.05, 0) is 57.3 Å². The number of carbonyl (C=O) groups is 4. The van der Waals surface area contributed by atoms with Crippen LogP contribution in [0.25, 0.3) is 0 Å². The van der Waals surface area contributed by atoms with Crippen LogP contribution in [0.2, 0.25) is 0 Å². The lowest BCUT2D eigenvalue weighted by molar-refractivity contribution is -0.161. The first-order valence-corrected chi connectivity index (χ1v) is 41.9. The number of carbonyl (C=O) groups excluding carboxylic acids is 4. The van der Waals surface area contributed by atoms with Crippen molar-refractivity contribution >= 4 is 39.5 Å². The summed E-state index contributed by atoms with van der Waals surface area (Å²) in [4.78, 5) is 72.7. The molecule has 0 aromatic carbocycles. The van der Waals surface area contributed by atoms with E-state index < -0.39 is 97.5 Å². The molecule has 0 spiro atoms. The molecule has 0 amide bonds. The van der Waals surface area contributed by atoms with Gasteiger partial charge < -0.3 is 33.8 Å². The Kier molecular flexibility index (Phi) is 66.9. The van der Waals surface area contributed by atoms with Gasteiger partial charge in [0.2, 0.25) is 0 Å². The summed E-state index contributed by atoms with van der Waals surface area (Å²) in [7, 11) is -9.92. The summed E-state index contributed by atoms with van der Waals surface area (Å²) in [6, 6.07) is 0. The van der Waals surface area contributed by atoms with Gasteiger partial charge in [-0.1, -0.05) is 322 Å². The maximum atomic E-state index is 13.1. The van der Waals surface area contributed by atoms with Crippen LogP contribution >= 0.6 is 15.6 Å². The van der Waals surface area contributed by atoms with Crippen molar-refractivity contribution in [2.45, 2.75) is 393 Å². The summed E-state index contributed by atoms with van der Waals surface area (Å²) in [6.45, 7) is 7.14. The van der Waals surface area contributed by atoms with E-state index in [0.717, 1.165) is 116 Å². The second kappa shape index (κ2) is 68.7. The molecule has 0 saturated heterocycles. The van der Waals surface area contributed by atoms with Crippen molar-refractivity contribution in [1.29, 1.82) is 0 Å². The first-order chi connectivity index (χ1) is 46.0. The summed E-state index contributed by atoms with van der Waals surface area (Å²) in [5, 5.41) is 10.6. The summed E-state index contributed by atoms with van der Waals surface area (Å²) in [5.41, 5.74) is 0. The average Bonchev–Trinajstić information content (AvgIpc) is 1.39. The van der Waals surface area contributed by atoms with Crippen molar-refractivity contribution in [1.82, 2.24) is 0 Å². The zero-order valence-electron chi connectivity index (χ0n) is 61.3. The van der Waals surface area contributed by atoms with E-state index in [1.807, 2.05) is 0 Å². The minimum Gasteiger partial charge on any atom is -0.462 e. The number of ether oxygens (including phenoxy) is 4. The second-order valence-electron chi connectivity index (χ2n) is 27.2. The number of aliphatic hydroxyl groups excluding tert-OH is 1. The van der Waals surface area contributed by atoms with Crippen LogP contribution in [0.4, 0.5) is 0 Å². The van der Waals surface area contributed by atoms with Gasteiger partial charge in [-0.3, -0.25) is 37.3 Å². The Bertz CT molecular complexity index is 1920. The van der Waals surface area contributed by atoms with Gasteiger partial charge in [0, 0.05) is 25.7 Å². The largest absolute Gasteiger partial charge is 0.472 e. The minimum atomic E-state index is -4.96.